The summed E-state index contributed by atoms with van der Waals surface area (Å²) in [6.07, 6.45) is 3.07. The molecule has 0 amide bonds. The van der Waals surface area contributed by atoms with Crippen molar-refractivity contribution in [3.05, 3.63) is 212 Å². The Kier molecular flexibility index (Phi) is 13.5. The molecule has 6 nitrogen and oxygen atoms in total. The van der Waals surface area contributed by atoms with E-state index in [0.717, 1.165) is 75.8 Å². The molecule has 0 radical (unpaired) electrons. The molecule has 0 aliphatic heterocycles. The summed E-state index contributed by atoms with van der Waals surface area (Å²) in [5, 5.41) is 0. The number of hydrogen-bond donors (Lipinski definition) is 0. The third-order valence-corrected chi connectivity index (χ3v) is 13.7. The Morgan fingerprint density at radius 1 is 0.462 bits per heavy atom. The molecule has 0 aromatic heterocycles. The van der Waals surface area contributed by atoms with E-state index in [1.807, 2.05) is 72.8 Å². The molecule has 0 aliphatic rings. The van der Waals surface area contributed by atoms with E-state index < -0.39 is 9.84 Å². The van der Waals surface area contributed by atoms with E-state index in [-0.39, 0.29) is 15.4 Å². The minimum Gasteiger partial charge on any atom is -0.488 e. The summed E-state index contributed by atoms with van der Waals surface area (Å²) in [5.74, 6) is 2.43. The average Bonchev–Trinajstić information content (AvgIpc) is 3.34. The zero-order chi connectivity index (χ0) is 45.4. The maximum absolute atomic E-state index is 13.5. The van der Waals surface area contributed by atoms with Crippen LogP contribution in [-0.2, 0) is 9.84 Å². The molecule has 0 heterocycles. The maximum atomic E-state index is 13.5. The molecule has 1 unspecified atom stereocenters. The zero-order valence-electron chi connectivity index (χ0n) is 37.8. The predicted octanol–water partition coefficient (Wildman–Crippen LogP) is 16.4. The van der Waals surface area contributed by atoms with E-state index in [4.69, 9.17) is 9.47 Å². The summed E-state index contributed by atoms with van der Waals surface area (Å²) < 4.78 is 39.4. The van der Waals surface area contributed by atoms with E-state index in [2.05, 4.69) is 141 Å². The molecule has 1 atom stereocenters. The third-order valence-electron chi connectivity index (χ3n) is 11.9. The summed E-state index contributed by atoms with van der Waals surface area (Å²) in [4.78, 5) is 4.98. The second kappa shape index (κ2) is 19.7. The lowest BCUT2D eigenvalue weighted by Crippen LogP contribution is -2.26. The molecule has 8 rings (SSSR count). The Morgan fingerprint density at radius 3 is 1.22 bits per heavy atom. The van der Waals surface area contributed by atoms with Gasteiger partial charge in [0.2, 0.25) is 9.84 Å². The van der Waals surface area contributed by atoms with Gasteiger partial charge in [-0.15, -0.1) is 0 Å². The zero-order valence-corrected chi connectivity index (χ0v) is 38.6. The molecule has 328 valence electrons. The van der Waals surface area contributed by atoms with Gasteiger partial charge in [0.05, 0.1) is 9.79 Å². The largest absolute Gasteiger partial charge is 0.488 e. The molecular weight excluding hydrogens is 821 g/mol. The topological polar surface area (TPSA) is 59.1 Å². The Morgan fingerprint density at radius 2 is 0.815 bits per heavy atom. The number of hydrogen-bond acceptors (Lipinski definition) is 6. The van der Waals surface area contributed by atoms with Crippen molar-refractivity contribution in [3.8, 4) is 28.4 Å². The Bertz CT molecular complexity index is 2870. The van der Waals surface area contributed by atoms with Gasteiger partial charge in [-0.1, -0.05) is 100.0 Å². The molecular formula is C58H56N2O4S. The highest BCUT2D eigenvalue weighted by atomic mass is 32.2. The summed E-state index contributed by atoms with van der Waals surface area (Å²) in [6, 6.07) is 68.2. The fraction of sp³-hybridized carbons (Fsp3) is 0.172. The van der Waals surface area contributed by atoms with Crippen LogP contribution in [0.5, 0.6) is 17.2 Å². The molecule has 7 heteroatoms. The molecule has 0 bridgehead atoms. The monoisotopic (exact) mass is 876 g/mol. The van der Waals surface area contributed by atoms with Gasteiger partial charge in [0.25, 0.3) is 0 Å². The van der Waals surface area contributed by atoms with Crippen molar-refractivity contribution in [3.63, 3.8) is 0 Å². The van der Waals surface area contributed by atoms with Gasteiger partial charge in [0.15, 0.2) is 0 Å². The molecule has 0 N–H and O–H groups in total. The maximum Gasteiger partial charge on any atom is 0.206 e. The second-order valence-corrected chi connectivity index (χ2v) is 18.9. The summed E-state index contributed by atoms with van der Waals surface area (Å²) in [5.41, 5.74) is 9.32. The molecule has 0 fully saturated rings. The van der Waals surface area contributed by atoms with Crippen LogP contribution in [0.2, 0.25) is 0 Å². The number of nitrogens with zero attached hydrogens (tertiary/aromatic N) is 2. The van der Waals surface area contributed by atoms with Crippen LogP contribution in [0.1, 0.15) is 65.4 Å². The van der Waals surface area contributed by atoms with Crippen LogP contribution >= 0.6 is 0 Å². The first-order valence-electron chi connectivity index (χ1n) is 22.4. The van der Waals surface area contributed by atoms with Crippen LogP contribution in [-0.4, -0.2) is 14.0 Å². The number of anilines is 6. The highest BCUT2D eigenvalue weighted by Gasteiger charge is 2.20. The first kappa shape index (κ1) is 44.5. The van der Waals surface area contributed by atoms with Crippen LogP contribution in [0.15, 0.2) is 216 Å². The minimum atomic E-state index is -3.67. The SMILES string of the molecule is CCCC(C)c1ccc(S(=O)(=O)c2ccc(Oc3ccc(N(c4ccccc4)c4ccc(-c5ccc(N(c6ccccc6)c6ccc(OC(C)(C)CC)cc6)cc5)cc4)cc3)cc2)cc1. The molecule has 0 spiro atoms. The van der Waals surface area contributed by atoms with Crippen molar-refractivity contribution in [1.29, 1.82) is 0 Å². The molecule has 8 aromatic carbocycles. The number of benzene rings is 8. The molecule has 8 aromatic rings. The number of sulfone groups is 1. The van der Waals surface area contributed by atoms with Crippen molar-refractivity contribution in [2.24, 2.45) is 0 Å². The van der Waals surface area contributed by atoms with E-state index >= 15 is 0 Å². The van der Waals surface area contributed by atoms with Crippen molar-refractivity contribution in [2.75, 3.05) is 9.80 Å². The highest BCUT2D eigenvalue weighted by Crippen LogP contribution is 2.39. The van der Waals surface area contributed by atoms with Gasteiger partial charge in [-0.25, -0.2) is 8.42 Å². The lowest BCUT2D eigenvalue weighted by molar-refractivity contribution is 0.105. The van der Waals surface area contributed by atoms with Gasteiger partial charge in [-0.05, 0) is 183 Å². The van der Waals surface area contributed by atoms with Crippen molar-refractivity contribution in [2.45, 2.75) is 75.2 Å². The first-order valence-corrected chi connectivity index (χ1v) is 23.9. The van der Waals surface area contributed by atoms with Crippen molar-refractivity contribution >= 4 is 44.0 Å². The van der Waals surface area contributed by atoms with Gasteiger partial charge in [-0.2, -0.15) is 0 Å². The quantitative estimate of drug-likeness (QED) is 0.0908. The van der Waals surface area contributed by atoms with Crippen LogP contribution in [0, 0.1) is 0 Å². The predicted molar refractivity (Wildman–Crippen MR) is 268 cm³/mol. The van der Waals surface area contributed by atoms with Crippen LogP contribution in [0.3, 0.4) is 0 Å². The minimum absolute atomic E-state index is 0.227. The Balaban J connectivity index is 0.979. The molecule has 0 aliphatic carbocycles. The van der Waals surface area contributed by atoms with Crippen LogP contribution in [0.25, 0.3) is 11.1 Å². The van der Waals surface area contributed by atoms with Crippen molar-refractivity contribution < 1.29 is 17.9 Å². The lowest BCUT2D eigenvalue weighted by atomic mass is 9.97. The standard InChI is InChI=1S/C58H56N2O4S/c1-6-14-43(3)44-23-39-56(40-24-44)65(61,62)57-41-37-54(38-42-57)63-53-33-29-51(30-34-53)59(47-15-10-8-11-16-47)49-25-19-45(20-26-49)46-21-27-50(28-22-46)60(48-17-12-9-13-18-48)52-31-35-55(36-32-52)64-58(4,5)7-2/h8-13,15-43H,6-7,14H2,1-5H3. The van der Waals surface area contributed by atoms with E-state index in [0.29, 0.717) is 17.4 Å². The van der Waals surface area contributed by atoms with Gasteiger partial charge in [0.1, 0.15) is 22.8 Å². The summed E-state index contributed by atoms with van der Waals surface area (Å²) in [6.45, 7) is 10.7. The van der Waals surface area contributed by atoms with Gasteiger partial charge < -0.3 is 19.3 Å². The lowest BCUT2D eigenvalue weighted by Gasteiger charge is -2.27. The van der Waals surface area contributed by atoms with E-state index in [1.54, 1.807) is 36.4 Å². The van der Waals surface area contributed by atoms with E-state index in [1.165, 1.54) is 0 Å². The van der Waals surface area contributed by atoms with Gasteiger partial charge in [-0.3, -0.25) is 0 Å². The van der Waals surface area contributed by atoms with Gasteiger partial charge in [0, 0.05) is 34.1 Å². The van der Waals surface area contributed by atoms with Crippen molar-refractivity contribution in [1.82, 2.24) is 0 Å². The first-order chi connectivity index (χ1) is 31.5. The summed E-state index contributed by atoms with van der Waals surface area (Å²) in [7, 11) is -3.67. The fourth-order valence-corrected chi connectivity index (χ4v) is 9.17. The molecule has 65 heavy (non-hydrogen) atoms. The smallest absolute Gasteiger partial charge is 0.206 e. The highest BCUT2D eigenvalue weighted by molar-refractivity contribution is 7.91. The number of ether oxygens (including phenoxy) is 2. The normalized spacial score (nSPS) is 12.0. The van der Waals surface area contributed by atoms with Gasteiger partial charge >= 0.3 is 0 Å². The summed E-state index contributed by atoms with van der Waals surface area (Å²) >= 11 is 0. The fourth-order valence-electron chi connectivity index (χ4n) is 7.91. The Labute approximate surface area is 385 Å². The molecule has 0 saturated carbocycles. The Hall–Kier alpha value is -7.09. The van der Waals surface area contributed by atoms with E-state index in [9.17, 15) is 8.42 Å². The second-order valence-electron chi connectivity index (χ2n) is 17.0. The van der Waals surface area contributed by atoms with Crippen LogP contribution < -0.4 is 19.3 Å². The number of rotatable bonds is 17. The molecule has 0 saturated heterocycles. The van der Waals surface area contributed by atoms with Crippen LogP contribution in [0.4, 0.5) is 34.1 Å². The third kappa shape index (κ3) is 10.5. The average molecular weight is 877 g/mol. The number of para-hydroxylation sites is 2.